The van der Waals surface area contributed by atoms with E-state index < -0.39 is 0 Å². The van der Waals surface area contributed by atoms with Gasteiger partial charge in [0.25, 0.3) is 0 Å². The molecule has 0 aliphatic rings. The largest absolute Gasteiger partial charge is 0.372 e. The van der Waals surface area contributed by atoms with E-state index in [1.54, 1.807) is 6.92 Å². The van der Waals surface area contributed by atoms with Crippen molar-refractivity contribution in [1.82, 2.24) is 5.32 Å². The molecule has 0 saturated carbocycles. The third kappa shape index (κ3) is 4.27. The summed E-state index contributed by atoms with van der Waals surface area (Å²) < 4.78 is 4.91. The van der Waals surface area contributed by atoms with Gasteiger partial charge in [-0.25, -0.2) is 0 Å². The molecule has 0 saturated heterocycles. The van der Waals surface area contributed by atoms with Gasteiger partial charge in [-0.3, -0.25) is 4.79 Å². The molecule has 78 valence electrons. The van der Waals surface area contributed by atoms with Crippen LogP contribution < -0.4 is 5.32 Å². The van der Waals surface area contributed by atoms with E-state index in [9.17, 15) is 4.79 Å². The summed E-state index contributed by atoms with van der Waals surface area (Å²) >= 11 is 0. The molecule has 13 heavy (non-hydrogen) atoms. The first-order valence-electron chi connectivity index (χ1n) is 4.86. The Balaban J connectivity index is 3.91. The van der Waals surface area contributed by atoms with E-state index in [0.29, 0.717) is 5.92 Å². The van der Waals surface area contributed by atoms with Gasteiger partial charge in [0.05, 0.1) is 0 Å². The maximum Gasteiger partial charge on any atom is 0.249 e. The van der Waals surface area contributed by atoms with Crippen molar-refractivity contribution in [1.29, 1.82) is 0 Å². The van der Waals surface area contributed by atoms with Crippen molar-refractivity contribution in [2.75, 3.05) is 7.11 Å². The van der Waals surface area contributed by atoms with Gasteiger partial charge >= 0.3 is 0 Å². The van der Waals surface area contributed by atoms with Crippen LogP contribution in [0.15, 0.2) is 0 Å². The Morgan fingerprint density at radius 3 is 2.31 bits per heavy atom. The fourth-order valence-electron chi connectivity index (χ4n) is 0.945. The molecule has 1 N–H and O–H groups in total. The van der Waals surface area contributed by atoms with E-state index in [2.05, 4.69) is 19.2 Å². The highest BCUT2D eigenvalue weighted by molar-refractivity contribution is 5.80. The molecule has 0 fully saturated rings. The van der Waals surface area contributed by atoms with Crippen LogP contribution in [0.3, 0.4) is 0 Å². The maximum atomic E-state index is 11.4. The van der Waals surface area contributed by atoms with E-state index in [4.69, 9.17) is 4.74 Å². The third-order valence-electron chi connectivity index (χ3n) is 2.59. The topological polar surface area (TPSA) is 38.3 Å². The van der Waals surface area contributed by atoms with Crippen LogP contribution in [0.4, 0.5) is 0 Å². The van der Waals surface area contributed by atoms with Crippen molar-refractivity contribution < 1.29 is 9.53 Å². The molecule has 0 aromatic rings. The summed E-state index contributed by atoms with van der Waals surface area (Å²) in [5.74, 6) is 0.475. The highest BCUT2D eigenvalue weighted by Crippen LogP contribution is 2.06. The van der Waals surface area contributed by atoms with Crippen LogP contribution in [0.2, 0.25) is 0 Å². The summed E-state index contributed by atoms with van der Waals surface area (Å²) in [5, 5.41) is 2.92. The number of ether oxygens (including phenoxy) is 1. The summed E-state index contributed by atoms with van der Waals surface area (Å²) in [4.78, 5) is 11.4. The molecule has 3 nitrogen and oxygen atoms in total. The minimum atomic E-state index is -0.355. The monoisotopic (exact) mass is 187 g/mol. The molecule has 0 heterocycles. The lowest BCUT2D eigenvalue weighted by atomic mass is 10.0. The maximum absolute atomic E-state index is 11.4. The van der Waals surface area contributed by atoms with E-state index in [-0.39, 0.29) is 18.1 Å². The highest BCUT2D eigenvalue weighted by Gasteiger charge is 2.17. The van der Waals surface area contributed by atoms with E-state index in [1.807, 2.05) is 6.92 Å². The first-order chi connectivity index (χ1) is 6.02. The molecule has 0 aliphatic heterocycles. The molecule has 3 unspecified atom stereocenters. The third-order valence-corrected chi connectivity index (χ3v) is 2.59. The van der Waals surface area contributed by atoms with Crippen LogP contribution in [0.5, 0.6) is 0 Å². The van der Waals surface area contributed by atoms with Crippen LogP contribution in [-0.4, -0.2) is 25.2 Å². The van der Waals surface area contributed by atoms with Gasteiger partial charge in [0, 0.05) is 13.2 Å². The van der Waals surface area contributed by atoms with Crippen molar-refractivity contribution in [2.45, 2.75) is 46.3 Å². The van der Waals surface area contributed by atoms with Gasteiger partial charge in [-0.15, -0.1) is 0 Å². The smallest absolute Gasteiger partial charge is 0.249 e. The molecule has 0 aliphatic carbocycles. The van der Waals surface area contributed by atoms with E-state index in [0.717, 1.165) is 6.42 Å². The second-order valence-corrected chi connectivity index (χ2v) is 3.56. The van der Waals surface area contributed by atoms with Crippen LogP contribution in [-0.2, 0) is 9.53 Å². The van der Waals surface area contributed by atoms with Crippen molar-refractivity contribution in [3.63, 3.8) is 0 Å². The Morgan fingerprint density at radius 2 is 1.92 bits per heavy atom. The Bertz CT molecular complexity index is 159. The van der Waals surface area contributed by atoms with Gasteiger partial charge in [0.15, 0.2) is 0 Å². The van der Waals surface area contributed by atoms with Crippen LogP contribution in [0, 0.1) is 5.92 Å². The molecule has 0 aromatic carbocycles. The average Bonchev–Trinajstić information content (AvgIpc) is 2.14. The normalized spacial score (nSPS) is 17.6. The van der Waals surface area contributed by atoms with Gasteiger partial charge in [-0.2, -0.15) is 0 Å². The fraction of sp³-hybridized carbons (Fsp3) is 0.900. The summed E-state index contributed by atoms with van der Waals surface area (Å²) in [6.07, 6.45) is 0.717. The Labute approximate surface area is 80.8 Å². The van der Waals surface area contributed by atoms with Gasteiger partial charge in [-0.1, -0.05) is 20.3 Å². The van der Waals surface area contributed by atoms with Crippen molar-refractivity contribution in [3.05, 3.63) is 0 Å². The average molecular weight is 187 g/mol. The first kappa shape index (κ1) is 12.4. The standard InChI is InChI=1S/C10H21NO2/c1-6-7(2)8(3)11-10(12)9(4)13-5/h7-9H,6H2,1-5H3,(H,11,12). The molecule has 3 heteroatoms. The molecule has 1 amide bonds. The number of nitrogens with one attached hydrogen (secondary N) is 1. The number of rotatable bonds is 5. The summed E-state index contributed by atoms with van der Waals surface area (Å²) in [6, 6.07) is 0.218. The van der Waals surface area contributed by atoms with Crippen molar-refractivity contribution in [2.24, 2.45) is 5.92 Å². The second kappa shape index (κ2) is 5.97. The number of methoxy groups -OCH3 is 1. The zero-order valence-corrected chi connectivity index (χ0v) is 9.26. The number of carbonyl (C=O) groups is 1. The number of carbonyl (C=O) groups excluding carboxylic acids is 1. The number of hydrogen-bond donors (Lipinski definition) is 1. The predicted molar refractivity (Wildman–Crippen MR) is 53.5 cm³/mol. The SMILES string of the molecule is CCC(C)C(C)NC(=O)C(C)OC. The molecule has 0 rings (SSSR count). The van der Waals surface area contributed by atoms with E-state index >= 15 is 0 Å². The summed E-state index contributed by atoms with van der Waals surface area (Å²) in [6.45, 7) is 8.02. The number of hydrogen-bond acceptors (Lipinski definition) is 2. The molecule has 0 radical (unpaired) electrons. The first-order valence-corrected chi connectivity index (χ1v) is 4.86. The lowest BCUT2D eigenvalue weighted by molar-refractivity contribution is -0.131. The molecule has 0 spiro atoms. The lowest BCUT2D eigenvalue weighted by Gasteiger charge is -2.21. The van der Waals surface area contributed by atoms with Gasteiger partial charge in [-0.05, 0) is 19.8 Å². The molecular weight excluding hydrogens is 166 g/mol. The fourth-order valence-corrected chi connectivity index (χ4v) is 0.945. The zero-order chi connectivity index (χ0) is 10.4. The molecular formula is C10H21NO2. The van der Waals surface area contributed by atoms with Gasteiger partial charge < -0.3 is 10.1 Å². The minimum Gasteiger partial charge on any atom is -0.372 e. The molecule has 3 atom stereocenters. The van der Waals surface area contributed by atoms with Crippen molar-refractivity contribution >= 4 is 5.91 Å². The summed E-state index contributed by atoms with van der Waals surface area (Å²) in [5.41, 5.74) is 0. The Hall–Kier alpha value is -0.570. The highest BCUT2D eigenvalue weighted by atomic mass is 16.5. The van der Waals surface area contributed by atoms with Crippen LogP contribution >= 0.6 is 0 Å². The predicted octanol–water partition coefficient (Wildman–Crippen LogP) is 1.57. The van der Waals surface area contributed by atoms with Gasteiger partial charge in [0.2, 0.25) is 5.91 Å². The van der Waals surface area contributed by atoms with Crippen LogP contribution in [0.25, 0.3) is 0 Å². The lowest BCUT2D eigenvalue weighted by Crippen LogP contribution is -2.42. The zero-order valence-electron chi connectivity index (χ0n) is 9.26. The Morgan fingerprint density at radius 1 is 1.38 bits per heavy atom. The summed E-state index contributed by atoms with van der Waals surface area (Å²) in [7, 11) is 1.54. The molecule has 0 aromatic heterocycles. The Kier molecular flexibility index (Phi) is 5.71. The van der Waals surface area contributed by atoms with Crippen LogP contribution in [0.1, 0.15) is 34.1 Å². The quantitative estimate of drug-likeness (QED) is 0.709. The number of amides is 1. The second-order valence-electron chi connectivity index (χ2n) is 3.56. The minimum absolute atomic E-state index is 0.0321. The van der Waals surface area contributed by atoms with Gasteiger partial charge in [0.1, 0.15) is 6.10 Å². The van der Waals surface area contributed by atoms with Crippen molar-refractivity contribution in [3.8, 4) is 0 Å². The molecule has 0 bridgehead atoms. The van der Waals surface area contributed by atoms with E-state index in [1.165, 1.54) is 7.11 Å².